The van der Waals surface area contributed by atoms with Crippen LogP contribution in [0.25, 0.3) is 22.0 Å². The monoisotopic (exact) mass is 516 g/mol. The fourth-order valence-corrected chi connectivity index (χ4v) is 5.09. The van der Waals surface area contributed by atoms with E-state index in [0.717, 1.165) is 44.8 Å². The number of benzene rings is 2. The Bertz CT molecular complexity index is 1310. The molecule has 1 saturated heterocycles. The number of rotatable bonds is 9. The zero-order valence-corrected chi connectivity index (χ0v) is 20.8. The number of ether oxygens (including phenoxy) is 1. The molecule has 0 radical (unpaired) electrons. The van der Waals surface area contributed by atoms with Crippen LogP contribution in [0.5, 0.6) is 0 Å². The summed E-state index contributed by atoms with van der Waals surface area (Å²) in [5.74, 6) is -1.33. The number of aromatic nitrogens is 2. The molecule has 4 rings (SSSR count). The Morgan fingerprint density at radius 3 is 2.61 bits per heavy atom. The molecule has 2 heterocycles. The van der Waals surface area contributed by atoms with E-state index in [9.17, 15) is 13.8 Å². The van der Waals surface area contributed by atoms with Crippen LogP contribution in [0.15, 0.2) is 47.5 Å². The van der Waals surface area contributed by atoms with Gasteiger partial charge in [0.2, 0.25) is 0 Å². The predicted molar refractivity (Wildman–Crippen MR) is 135 cm³/mol. The molecule has 1 aliphatic rings. The molecule has 0 aliphatic carbocycles. The summed E-state index contributed by atoms with van der Waals surface area (Å²) in [6.07, 6.45) is 3.61. The minimum atomic E-state index is -1.55. The molecule has 36 heavy (non-hydrogen) atoms. The summed E-state index contributed by atoms with van der Waals surface area (Å²) < 4.78 is 33.5. The first-order chi connectivity index (χ1) is 17.4. The molecule has 1 amide bonds. The van der Waals surface area contributed by atoms with Crippen molar-refractivity contribution in [2.24, 2.45) is 0 Å². The molecule has 2 aromatic carbocycles. The number of amides is 1. The van der Waals surface area contributed by atoms with Gasteiger partial charge in [-0.2, -0.15) is 0 Å². The molecule has 11 heteroatoms. The average Bonchev–Trinajstić information content (AvgIpc) is 2.89. The van der Waals surface area contributed by atoms with Crippen molar-refractivity contribution in [3.8, 4) is 11.1 Å². The van der Waals surface area contributed by atoms with Gasteiger partial charge in [0.15, 0.2) is 0 Å². The maximum Gasteiger partial charge on any atom is 0.261 e. The van der Waals surface area contributed by atoms with E-state index in [-0.39, 0.29) is 18.4 Å². The maximum absolute atomic E-state index is 15.1. The lowest BCUT2D eigenvalue weighted by molar-refractivity contribution is -0.128. The van der Waals surface area contributed by atoms with Crippen LogP contribution < -0.4 is 11.0 Å². The highest BCUT2D eigenvalue weighted by molar-refractivity contribution is 7.85. The van der Waals surface area contributed by atoms with Crippen LogP contribution in [-0.4, -0.2) is 74.1 Å². The second kappa shape index (κ2) is 11.8. The van der Waals surface area contributed by atoms with E-state index in [4.69, 9.17) is 9.94 Å². The van der Waals surface area contributed by atoms with Crippen molar-refractivity contribution in [2.75, 3.05) is 39.1 Å². The number of nitrogens with one attached hydrogen (secondary N) is 1. The lowest BCUT2D eigenvalue weighted by Gasteiger charge is -2.26. The number of hydrogen-bond acceptors (Lipinski definition) is 7. The molecule has 1 aliphatic heterocycles. The van der Waals surface area contributed by atoms with Crippen molar-refractivity contribution in [1.82, 2.24) is 19.9 Å². The minimum Gasteiger partial charge on any atom is -0.379 e. The third-order valence-corrected chi connectivity index (χ3v) is 7.68. The summed E-state index contributed by atoms with van der Waals surface area (Å²) in [6, 6.07) is 10.5. The summed E-state index contributed by atoms with van der Waals surface area (Å²) in [7, 11) is -1.55. The summed E-state index contributed by atoms with van der Waals surface area (Å²) in [6.45, 7) is 4.38. The summed E-state index contributed by atoms with van der Waals surface area (Å²) in [4.78, 5) is 31.3. The zero-order valence-electron chi connectivity index (χ0n) is 20.0. The normalized spacial score (nSPS) is 16.1. The SMILES string of the molecule is CS(=O)C(CCn1cnc2cc(-c3ccc(CCN4CCOCC4)cc3)c(F)cc2c1=O)C(=O)NO. The lowest BCUT2D eigenvalue weighted by Crippen LogP contribution is -2.37. The van der Waals surface area contributed by atoms with Crippen molar-refractivity contribution in [3.05, 3.63) is 64.5 Å². The van der Waals surface area contributed by atoms with Gasteiger partial charge in [0, 0.05) is 48.8 Å². The highest BCUT2D eigenvalue weighted by atomic mass is 32.2. The van der Waals surface area contributed by atoms with E-state index in [0.29, 0.717) is 16.6 Å². The Morgan fingerprint density at radius 2 is 1.94 bits per heavy atom. The molecular weight excluding hydrogens is 487 g/mol. The highest BCUT2D eigenvalue weighted by Gasteiger charge is 2.22. The fourth-order valence-electron chi connectivity index (χ4n) is 4.30. The second-order valence-corrected chi connectivity index (χ2v) is 10.3. The second-order valence-electron chi connectivity index (χ2n) is 8.75. The van der Waals surface area contributed by atoms with E-state index in [2.05, 4.69) is 9.88 Å². The summed E-state index contributed by atoms with van der Waals surface area (Å²) in [5.41, 5.74) is 3.59. The number of nitrogens with zero attached hydrogens (tertiary/aromatic N) is 3. The van der Waals surface area contributed by atoms with Crippen molar-refractivity contribution in [1.29, 1.82) is 0 Å². The molecule has 0 spiro atoms. The molecule has 2 N–H and O–H groups in total. The van der Waals surface area contributed by atoms with Crippen LogP contribution in [0.3, 0.4) is 0 Å². The Balaban J connectivity index is 1.50. The van der Waals surface area contributed by atoms with Crippen LogP contribution in [0.1, 0.15) is 12.0 Å². The smallest absolute Gasteiger partial charge is 0.261 e. The summed E-state index contributed by atoms with van der Waals surface area (Å²) >= 11 is 0. The zero-order chi connectivity index (χ0) is 25.7. The van der Waals surface area contributed by atoms with Gasteiger partial charge >= 0.3 is 0 Å². The number of carbonyl (C=O) groups is 1. The lowest BCUT2D eigenvalue weighted by atomic mass is 10.0. The highest BCUT2D eigenvalue weighted by Crippen LogP contribution is 2.26. The third-order valence-electron chi connectivity index (χ3n) is 6.43. The average molecular weight is 517 g/mol. The molecule has 0 saturated carbocycles. The van der Waals surface area contributed by atoms with Gasteiger partial charge in [-0.15, -0.1) is 0 Å². The van der Waals surface area contributed by atoms with Crippen LogP contribution in [0.4, 0.5) is 4.39 Å². The first-order valence-electron chi connectivity index (χ1n) is 11.7. The minimum absolute atomic E-state index is 0.0364. The third kappa shape index (κ3) is 6.04. The molecule has 9 nitrogen and oxygen atoms in total. The number of halogens is 1. The van der Waals surface area contributed by atoms with Gasteiger partial charge in [-0.25, -0.2) is 14.9 Å². The first kappa shape index (κ1) is 26.1. The van der Waals surface area contributed by atoms with Crippen molar-refractivity contribution in [3.63, 3.8) is 0 Å². The number of aryl methyl sites for hydroxylation is 1. The van der Waals surface area contributed by atoms with E-state index in [1.54, 1.807) is 6.07 Å². The van der Waals surface area contributed by atoms with Crippen LogP contribution in [0, 0.1) is 5.82 Å². The Morgan fingerprint density at radius 1 is 1.22 bits per heavy atom. The maximum atomic E-state index is 15.1. The molecule has 3 aromatic rings. The molecule has 192 valence electrons. The Hall–Kier alpha value is -2.99. The first-order valence-corrected chi connectivity index (χ1v) is 13.3. The molecule has 1 aromatic heterocycles. The van der Waals surface area contributed by atoms with E-state index in [1.807, 2.05) is 24.3 Å². The van der Waals surface area contributed by atoms with E-state index in [1.165, 1.54) is 28.7 Å². The van der Waals surface area contributed by atoms with Gasteiger partial charge in [-0.3, -0.25) is 28.5 Å². The number of fused-ring (bicyclic) bond motifs is 1. The van der Waals surface area contributed by atoms with Crippen molar-refractivity contribution in [2.45, 2.75) is 24.6 Å². The number of hydrogen-bond donors (Lipinski definition) is 2. The standard InChI is InChI=1S/C25H29FN4O5S/c1-36(34)23(24(31)28-33)7-9-30-16-27-22-15-19(21(26)14-20(22)25(30)32)18-4-2-17(3-5-18)6-8-29-10-12-35-13-11-29/h2-5,14-16,23,33H,6-13H2,1H3,(H,28,31). The number of hydroxylamine groups is 1. The number of morpholine rings is 1. The van der Waals surface area contributed by atoms with Crippen molar-refractivity contribution < 1.29 is 23.3 Å². The molecular formula is C25H29FN4O5S. The van der Waals surface area contributed by atoms with Crippen LogP contribution >= 0.6 is 0 Å². The van der Waals surface area contributed by atoms with Gasteiger partial charge in [-0.05, 0) is 36.1 Å². The van der Waals surface area contributed by atoms with E-state index >= 15 is 4.39 Å². The Kier molecular flexibility index (Phi) is 8.57. The molecule has 1 fully saturated rings. The van der Waals surface area contributed by atoms with Gasteiger partial charge in [0.1, 0.15) is 11.1 Å². The summed E-state index contributed by atoms with van der Waals surface area (Å²) in [5, 5.41) is 7.95. The predicted octanol–water partition coefficient (Wildman–Crippen LogP) is 1.72. The molecule has 2 unspecified atom stereocenters. The quantitative estimate of drug-likeness (QED) is 0.329. The van der Waals surface area contributed by atoms with Gasteiger partial charge < -0.3 is 4.74 Å². The van der Waals surface area contributed by atoms with E-state index < -0.39 is 33.3 Å². The van der Waals surface area contributed by atoms with Crippen LogP contribution in [0.2, 0.25) is 0 Å². The molecule has 0 bridgehead atoms. The van der Waals surface area contributed by atoms with Gasteiger partial charge in [0.25, 0.3) is 11.5 Å². The Labute approximate surface area is 210 Å². The molecule has 2 atom stereocenters. The van der Waals surface area contributed by atoms with Crippen molar-refractivity contribution >= 4 is 27.6 Å². The number of carbonyl (C=O) groups excluding carboxylic acids is 1. The topological polar surface area (TPSA) is 114 Å². The largest absolute Gasteiger partial charge is 0.379 e. The fraction of sp³-hybridized carbons (Fsp3) is 0.400. The van der Waals surface area contributed by atoms with Gasteiger partial charge in [-0.1, -0.05) is 24.3 Å². The van der Waals surface area contributed by atoms with Gasteiger partial charge in [0.05, 0.1) is 30.4 Å². The van der Waals surface area contributed by atoms with Crippen LogP contribution in [-0.2, 0) is 33.3 Å².